The Labute approximate surface area is 233 Å². The van der Waals surface area contributed by atoms with E-state index in [1.807, 2.05) is 29.2 Å². The number of fused-ring (bicyclic) bond motifs is 2. The number of rotatable bonds is 2. The third kappa shape index (κ3) is 2.98. The summed E-state index contributed by atoms with van der Waals surface area (Å²) in [5, 5.41) is 58.4. The molecule has 1 aromatic heterocycles. The van der Waals surface area contributed by atoms with E-state index in [1.165, 1.54) is 0 Å². The fraction of sp³-hybridized carbons (Fsp3) is 0.594. The monoisotopic (exact) mass is 546 g/mol. The van der Waals surface area contributed by atoms with Crippen molar-refractivity contribution in [2.45, 2.75) is 92.7 Å². The molecule has 3 aliphatic carbocycles. The highest BCUT2D eigenvalue weighted by Gasteiger charge is 2.73. The quantitative estimate of drug-likeness (QED) is 0.387. The number of aromatic nitrogens is 1. The van der Waals surface area contributed by atoms with Crippen LogP contribution in [0.15, 0.2) is 60.0 Å². The van der Waals surface area contributed by atoms with Gasteiger partial charge in [-0.3, -0.25) is 9.88 Å². The number of aliphatic hydroxyl groups is 5. The maximum absolute atomic E-state index is 12.5. The highest BCUT2D eigenvalue weighted by atomic mass is 16.5. The first-order valence-electron chi connectivity index (χ1n) is 14.8. The van der Waals surface area contributed by atoms with Gasteiger partial charge in [-0.25, -0.2) is 0 Å². The van der Waals surface area contributed by atoms with Gasteiger partial charge < -0.3 is 30.3 Å². The summed E-state index contributed by atoms with van der Waals surface area (Å²) in [7, 11) is 0. The van der Waals surface area contributed by atoms with Crippen LogP contribution < -0.4 is 0 Å². The van der Waals surface area contributed by atoms with E-state index in [2.05, 4.69) is 24.1 Å². The van der Waals surface area contributed by atoms with E-state index >= 15 is 0 Å². The van der Waals surface area contributed by atoms with Crippen LogP contribution in [0.3, 0.4) is 0 Å². The summed E-state index contributed by atoms with van der Waals surface area (Å²) < 4.78 is 7.19. The standard InChI is InChI=1S/C32H38N2O6/c1-29-8-6-21-13-20-4-5-23(34-16-24(35)25(36)17-34)28(38)31(20)10-9-30(21,40-31)26(29)14-27(37)32(29,39)22-3-2-18-7-11-33-15-19(18)12-22/h2-3,6-7,11-13,15,23-28,35-39H,4-5,8-10,14,16-17H2,1H3/t23-,24+,25+,26-,27-,28+,29+,30?,31+,32-/m1/s1. The average molecular weight is 547 g/mol. The number of likely N-dealkylation sites (tertiary alicyclic amines) is 1. The normalized spacial score (nSPS) is 48.0. The molecule has 10 atom stereocenters. The third-order valence-electron chi connectivity index (χ3n) is 11.9. The van der Waals surface area contributed by atoms with Crippen LogP contribution in [0.5, 0.6) is 0 Å². The molecule has 8 rings (SSSR count). The Kier molecular flexibility index (Phi) is 5.25. The topological polar surface area (TPSA) is 127 Å². The maximum Gasteiger partial charge on any atom is 0.121 e. The number of β-amino-alcohol motifs (C(OH)–C–C–N with tert-alkyl or cyclic N) is 2. The van der Waals surface area contributed by atoms with Gasteiger partial charge in [-0.1, -0.05) is 31.2 Å². The van der Waals surface area contributed by atoms with Crippen molar-refractivity contribution < 1.29 is 30.3 Å². The molecule has 2 saturated heterocycles. The van der Waals surface area contributed by atoms with Gasteiger partial charge in [-0.15, -0.1) is 0 Å². The van der Waals surface area contributed by atoms with E-state index in [1.54, 1.807) is 12.4 Å². The Morgan fingerprint density at radius 3 is 2.58 bits per heavy atom. The van der Waals surface area contributed by atoms with Gasteiger partial charge in [0.05, 0.1) is 23.9 Å². The summed E-state index contributed by atoms with van der Waals surface area (Å²) in [6.07, 6.45) is 8.53. The maximum atomic E-state index is 12.5. The molecular weight excluding hydrogens is 508 g/mol. The first-order chi connectivity index (χ1) is 19.1. The molecule has 4 fully saturated rings. The minimum Gasteiger partial charge on any atom is -0.390 e. The second-order valence-electron chi connectivity index (χ2n) is 13.5. The van der Waals surface area contributed by atoms with E-state index < -0.39 is 46.6 Å². The summed E-state index contributed by atoms with van der Waals surface area (Å²) in [6, 6.07) is 7.60. The number of hydrogen-bond donors (Lipinski definition) is 5. The van der Waals surface area contributed by atoms with Gasteiger partial charge in [-0.05, 0) is 72.8 Å². The lowest BCUT2D eigenvalue weighted by molar-refractivity contribution is -0.200. The second kappa shape index (κ2) is 8.22. The van der Waals surface area contributed by atoms with E-state index in [9.17, 15) is 25.5 Å². The van der Waals surface area contributed by atoms with Gasteiger partial charge in [0.15, 0.2) is 0 Å². The third-order valence-corrected chi connectivity index (χ3v) is 11.9. The Morgan fingerprint density at radius 2 is 1.77 bits per heavy atom. The fourth-order valence-electron chi connectivity index (χ4n) is 9.71. The smallest absolute Gasteiger partial charge is 0.121 e. The number of nitrogens with zero attached hydrogens (tertiary/aromatic N) is 2. The Bertz CT molecular complexity index is 1450. The van der Waals surface area contributed by atoms with Gasteiger partial charge in [0.2, 0.25) is 0 Å². The summed E-state index contributed by atoms with van der Waals surface area (Å²) in [6.45, 7) is 2.77. The number of pyridine rings is 1. The molecule has 3 aliphatic heterocycles. The number of benzene rings is 1. The van der Waals surface area contributed by atoms with Crippen LogP contribution in [0.4, 0.5) is 0 Å². The van der Waals surface area contributed by atoms with Crippen molar-refractivity contribution >= 4 is 10.8 Å². The molecular formula is C32H38N2O6. The summed E-state index contributed by atoms with van der Waals surface area (Å²) >= 11 is 0. The van der Waals surface area contributed by atoms with Crippen LogP contribution in [0.25, 0.3) is 10.8 Å². The molecule has 1 aromatic carbocycles. The van der Waals surface area contributed by atoms with Crippen LogP contribution in [-0.2, 0) is 10.3 Å². The minimum absolute atomic E-state index is 0.148. The summed E-state index contributed by atoms with van der Waals surface area (Å²) in [4.78, 5) is 6.27. The van der Waals surface area contributed by atoms with Gasteiger partial charge in [-0.2, -0.15) is 0 Å². The molecule has 1 unspecified atom stereocenters. The number of hydrogen-bond acceptors (Lipinski definition) is 8. The Hall–Kier alpha value is -2.17. The van der Waals surface area contributed by atoms with Crippen LogP contribution >= 0.6 is 0 Å². The largest absolute Gasteiger partial charge is 0.390 e. The van der Waals surface area contributed by atoms with Crippen molar-refractivity contribution in [2.75, 3.05) is 13.1 Å². The molecule has 0 amide bonds. The molecule has 5 N–H and O–H groups in total. The van der Waals surface area contributed by atoms with E-state index in [0.717, 1.165) is 34.8 Å². The molecule has 2 spiro atoms. The molecule has 8 nitrogen and oxygen atoms in total. The molecule has 6 aliphatic rings. The van der Waals surface area contributed by atoms with Crippen LogP contribution in [0.1, 0.15) is 51.0 Å². The average Bonchev–Trinajstić information content (AvgIpc) is 3.54. The van der Waals surface area contributed by atoms with Gasteiger partial charge in [0, 0.05) is 48.2 Å². The summed E-state index contributed by atoms with van der Waals surface area (Å²) in [5.41, 5.74) is -0.764. The van der Waals surface area contributed by atoms with Crippen molar-refractivity contribution in [3.8, 4) is 0 Å². The van der Waals surface area contributed by atoms with Crippen LogP contribution in [0, 0.1) is 11.3 Å². The molecule has 4 heterocycles. The lowest BCUT2D eigenvalue weighted by Crippen LogP contribution is -2.63. The first-order valence-corrected chi connectivity index (χ1v) is 14.8. The SMILES string of the molecule is C[C@]12CC=C3C=C4CC[C@@H](N5C[C@H](O)[C@@H](O)C5)[C@H](O)[C@]45CCC3(O5)[C@@H]1C[C@@H](O)[C@]2(O)c1ccc2ccncc2c1. The number of allylic oxidation sites excluding steroid dienone is 1. The lowest BCUT2D eigenvalue weighted by atomic mass is 9.56. The van der Waals surface area contributed by atoms with E-state index in [0.29, 0.717) is 44.3 Å². The van der Waals surface area contributed by atoms with Gasteiger partial charge >= 0.3 is 0 Å². The van der Waals surface area contributed by atoms with Crippen molar-refractivity contribution in [1.29, 1.82) is 0 Å². The lowest BCUT2D eigenvalue weighted by Gasteiger charge is -2.57. The molecule has 40 heavy (non-hydrogen) atoms. The fourth-order valence-corrected chi connectivity index (χ4v) is 9.71. The molecule has 2 bridgehead atoms. The van der Waals surface area contributed by atoms with Crippen molar-refractivity contribution in [1.82, 2.24) is 9.88 Å². The van der Waals surface area contributed by atoms with E-state index in [-0.39, 0.29) is 12.0 Å². The Morgan fingerprint density at radius 1 is 1.00 bits per heavy atom. The minimum atomic E-state index is -1.48. The summed E-state index contributed by atoms with van der Waals surface area (Å²) in [5.74, 6) is -0.148. The zero-order valence-corrected chi connectivity index (χ0v) is 22.8. The van der Waals surface area contributed by atoms with E-state index in [4.69, 9.17) is 4.74 Å². The van der Waals surface area contributed by atoms with Gasteiger partial charge in [0.1, 0.15) is 17.3 Å². The molecule has 0 radical (unpaired) electrons. The highest BCUT2D eigenvalue weighted by Crippen LogP contribution is 2.70. The number of aliphatic hydroxyl groups excluding tert-OH is 4. The van der Waals surface area contributed by atoms with Crippen LogP contribution in [0.2, 0.25) is 0 Å². The second-order valence-corrected chi connectivity index (χ2v) is 13.5. The molecule has 212 valence electrons. The predicted octanol–water partition coefficient (Wildman–Crippen LogP) is 1.93. The molecule has 2 aromatic rings. The molecule has 2 saturated carbocycles. The zero-order valence-electron chi connectivity index (χ0n) is 22.8. The van der Waals surface area contributed by atoms with Crippen LogP contribution in [-0.4, -0.2) is 90.2 Å². The van der Waals surface area contributed by atoms with Crippen molar-refractivity contribution in [3.05, 3.63) is 65.5 Å². The number of ether oxygens (including phenoxy) is 1. The molecule has 8 heteroatoms. The van der Waals surface area contributed by atoms with Gasteiger partial charge in [0.25, 0.3) is 0 Å². The van der Waals surface area contributed by atoms with Crippen molar-refractivity contribution in [3.63, 3.8) is 0 Å². The first kappa shape index (κ1) is 25.5. The predicted molar refractivity (Wildman–Crippen MR) is 147 cm³/mol. The van der Waals surface area contributed by atoms with Crippen molar-refractivity contribution in [2.24, 2.45) is 11.3 Å². The zero-order chi connectivity index (χ0) is 27.7. The highest BCUT2D eigenvalue weighted by molar-refractivity contribution is 5.82. The Balaban J connectivity index is 1.19.